The second-order valence-corrected chi connectivity index (χ2v) is 6.23. The lowest BCUT2D eigenvalue weighted by atomic mass is 9.73. The van der Waals surface area contributed by atoms with Crippen molar-refractivity contribution in [1.29, 1.82) is 0 Å². The number of ether oxygens (including phenoxy) is 1. The van der Waals surface area contributed by atoms with Crippen LogP contribution in [0.15, 0.2) is 0 Å². The molecule has 2 rings (SSSR count). The predicted octanol–water partition coefficient (Wildman–Crippen LogP) is 2.40. The van der Waals surface area contributed by atoms with Gasteiger partial charge in [-0.1, -0.05) is 26.2 Å². The first-order valence-corrected chi connectivity index (χ1v) is 7.82. The van der Waals surface area contributed by atoms with Crippen LogP contribution in [0.5, 0.6) is 0 Å². The summed E-state index contributed by atoms with van der Waals surface area (Å²) in [6.45, 7) is 7.50. The Labute approximate surface area is 112 Å². The third kappa shape index (κ3) is 3.69. The van der Waals surface area contributed by atoms with Crippen LogP contribution in [0, 0.1) is 5.41 Å². The molecule has 2 N–H and O–H groups in total. The Morgan fingerprint density at radius 2 is 2.00 bits per heavy atom. The summed E-state index contributed by atoms with van der Waals surface area (Å²) in [7, 11) is 0. The number of hydrogen-bond acceptors (Lipinski definition) is 3. The fraction of sp³-hybridized carbons (Fsp3) is 1.00. The van der Waals surface area contributed by atoms with Crippen molar-refractivity contribution >= 4 is 0 Å². The highest BCUT2D eigenvalue weighted by atomic mass is 16.5. The van der Waals surface area contributed by atoms with E-state index in [9.17, 15) is 0 Å². The molecule has 1 heterocycles. The van der Waals surface area contributed by atoms with Crippen LogP contribution in [0.25, 0.3) is 0 Å². The quantitative estimate of drug-likeness (QED) is 0.791. The highest BCUT2D eigenvalue weighted by molar-refractivity contribution is 4.87. The highest BCUT2D eigenvalue weighted by Gasteiger charge is 2.33. The average Bonchev–Trinajstić information content (AvgIpc) is 2.92. The molecule has 3 heteroatoms. The van der Waals surface area contributed by atoms with Crippen molar-refractivity contribution < 1.29 is 4.74 Å². The monoisotopic (exact) mass is 254 g/mol. The summed E-state index contributed by atoms with van der Waals surface area (Å²) in [6.07, 6.45) is 9.75. The van der Waals surface area contributed by atoms with Gasteiger partial charge in [-0.2, -0.15) is 0 Å². The molecule has 0 bridgehead atoms. The van der Waals surface area contributed by atoms with Gasteiger partial charge in [-0.05, 0) is 44.2 Å². The van der Waals surface area contributed by atoms with Crippen molar-refractivity contribution in [3.05, 3.63) is 0 Å². The number of nitrogens with zero attached hydrogens (tertiary/aromatic N) is 1. The summed E-state index contributed by atoms with van der Waals surface area (Å²) < 4.78 is 5.77. The van der Waals surface area contributed by atoms with Crippen molar-refractivity contribution in [1.82, 2.24) is 4.90 Å². The van der Waals surface area contributed by atoms with Crippen LogP contribution < -0.4 is 5.73 Å². The first-order valence-electron chi connectivity index (χ1n) is 7.82. The molecule has 0 aromatic heterocycles. The lowest BCUT2D eigenvalue weighted by molar-refractivity contribution is 0.0474. The first kappa shape index (κ1) is 14.3. The second-order valence-electron chi connectivity index (χ2n) is 6.23. The van der Waals surface area contributed by atoms with Gasteiger partial charge >= 0.3 is 0 Å². The molecule has 1 atom stereocenters. The third-order valence-electron chi connectivity index (χ3n) is 4.84. The van der Waals surface area contributed by atoms with Crippen molar-refractivity contribution in [2.45, 2.75) is 58.0 Å². The van der Waals surface area contributed by atoms with Gasteiger partial charge in [-0.3, -0.25) is 0 Å². The molecule has 1 saturated heterocycles. The van der Waals surface area contributed by atoms with E-state index in [4.69, 9.17) is 10.5 Å². The predicted molar refractivity (Wildman–Crippen MR) is 75.7 cm³/mol. The number of rotatable bonds is 6. The molecule has 0 aromatic rings. The summed E-state index contributed by atoms with van der Waals surface area (Å²) in [6, 6.07) is 0. The van der Waals surface area contributed by atoms with E-state index in [1.54, 1.807) is 0 Å². The SMILES string of the molecule is CCN(CC1CCCO1)CC1(CN)CCCCC1. The van der Waals surface area contributed by atoms with Crippen LogP contribution in [0.1, 0.15) is 51.9 Å². The van der Waals surface area contributed by atoms with Crippen molar-refractivity contribution in [2.75, 3.05) is 32.8 Å². The normalized spacial score (nSPS) is 27.8. The minimum absolute atomic E-state index is 0.396. The van der Waals surface area contributed by atoms with E-state index in [1.165, 1.54) is 51.5 Å². The fourth-order valence-electron chi connectivity index (χ4n) is 3.58. The van der Waals surface area contributed by atoms with Gasteiger partial charge in [0.25, 0.3) is 0 Å². The van der Waals surface area contributed by atoms with Crippen LogP contribution >= 0.6 is 0 Å². The molecule has 106 valence electrons. The van der Waals surface area contributed by atoms with Gasteiger partial charge in [0.15, 0.2) is 0 Å². The maximum Gasteiger partial charge on any atom is 0.0702 e. The molecule has 1 aliphatic heterocycles. The van der Waals surface area contributed by atoms with Gasteiger partial charge in [-0.15, -0.1) is 0 Å². The smallest absolute Gasteiger partial charge is 0.0702 e. The molecule has 1 aliphatic carbocycles. The topological polar surface area (TPSA) is 38.5 Å². The summed E-state index contributed by atoms with van der Waals surface area (Å²) in [4.78, 5) is 2.58. The summed E-state index contributed by atoms with van der Waals surface area (Å²) >= 11 is 0. The van der Waals surface area contributed by atoms with Crippen LogP contribution in [-0.2, 0) is 4.74 Å². The van der Waals surface area contributed by atoms with Gasteiger partial charge in [-0.25, -0.2) is 0 Å². The largest absolute Gasteiger partial charge is 0.377 e. The molecule has 0 radical (unpaired) electrons. The van der Waals surface area contributed by atoms with Gasteiger partial charge < -0.3 is 15.4 Å². The highest BCUT2D eigenvalue weighted by Crippen LogP contribution is 2.36. The van der Waals surface area contributed by atoms with Gasteiger partial charge in [0.2, 0.25) is 0 Å². The summed E-state index contributed by atoms with van der Waals surface area (Å²) in [5, 5.41) is 0. The molecule has 1 saturated carbocycles. The maximum atomic E-state index is 6.09. The van der Waals surface area contributed by atoms with E-state index in [2.05, 4.69) is 11.8 Å². The zero-order valence-electron chi connectivity index (χ0n) is 12.0. The molecular formula is C15H30N2O. The molecule has 2 fully saturated rings. The fourth-order valence-corrected chi connectivity index (χ4v) is 3.58. The Bertz CT molecular complexity index is 233. The van der Waals surface area contributed by atoms with E-state index in [0.29, 0.717) is 11.5 Å². The zero-order chi connectivity index (χ0) is 12.8. The lowest BCUT2D eigenvalue weighted by Gasteiger charge is -2.40. The maximum absolute atomic E-state index is 6.09. The Balaban J connectivity index is 1.86. The van der Waals surface area contributed by atoms with Crippen LogP contribution in [-0.4, -0.2) is 43.8 Å². The minimum Gasteiger partial charge on any atom is -0.377 e. The molecule has 18 heavy (non-hydrogen) atoms. The Hall–Kier alpha value is -0.120. The van der Waals surface area contributed by atoms with Crippen LogP contribution in [0.3, 0.4) is 0 Å². The standard InChI is InChI=1S/C15H30N2O/c1-2-17(11-14-7-6-10-18-14)13-15(12-16)8-4-3-5-9-15/h14H,2-13,16H2,1H3. The summed E-state index contributed by atoms with van der Waals surface area (Å²) in [5.74, 6) is 0. The Morgan fingerprint density at radius 1 is 1.22 bits per heavy atom. The lowest BCUT2D eigenvalue weighted by Crippen LogP contribution is -2.46. The van der Waals surface area contributed by atoms with Crippen LogP contribution in [0.2, 0.25) is 0 Å². The first-order chi connectivity index (χ1) is 8.78. The second kappa shape index (κ2) is 6.88. The molecule has 0 spiro atoms. The number of likely N-dealkylation sites (N-methyl/N-ethyl adjacent to an activating group) is 1. The van der Waals surface area contributed by atoms with Gasteiger partial charge in [0.1, 0.15) is 0 Å². The van der Waals surface area contributed by atoms with E-state index in [0.717, 1.165) is 26.2 Å². The Kier molecular flexibility index (Phi) is 5.46. The summed E-state index contributed by atoms with van der Waals surface area (Å²) in [5.41, 5.74) is 6.49. The molecular weight excluding hydrogens is 224 g/mol. The van der Waals surface area contributed by atoms with E-state index < -0.39 is 0 Å². The molecule has 0 amide bonds. The molecule has 3 nitrogen and oxygen atoms in total. The molecule has 2 aliphatic rings. The minimum atomic E-state index is 0.396. The van der Waals surface area contributed by atoms with Crippen molar-refractivity contribution in [2.24, 2.45) is 11.1 Å². The number of nitrogens with two attached hydrogens (primary N) is 1. The third-order valence-corrected chi connectivity index (χ3v) is 4.84. The average molecular weight is 254 g/mol. The van der Waals surface area contributed by atoms with Gasteiger partial charge in [0.05, 0.1) is 6.10 Å². The van der Waals surface area contributed by atoms with Crippen LogP contribution in [0.4, 0.5) is 0 Å². The van der Waals surface area contributed by atoms with Crippen molar-refractivity contribution in [3.8, 4) is 0 Å². The molecule has 1 unspecified atom stereocenters. The van der Waals surface area contributed by atoms with Gasteiger partial charge in [0, 0.05) is 19.7 Å². The number of hydrogen-bond donors (Lipinski definition) is 1. The van der Waals surface area contributed by atoms with E-state index in [-0.39, 0.29) is 0 Å². The zero-order valence-corrected chi connectivity index (χ0v) is 12.0. The van der Waals surface area contributed by atoms with Crippen molar-refractivity contribution in [3.63, 3.8) is 0 Å². The molecule has 0 aromatic carbocycles. The Morgan fingerprint density at radius 3 is 2.56 bits per heavy atom. The van der Waals surface area contributed by atoms with E-state index >= 15 is 0 Å². The van der Waals surface area contributed by atoms with E-state index in [1.807, 2.05) is 0 Å².